The van der Waals surface area contributed by atoms with Crippen molar-refractivity contribution in [3.8, 4) is 0 Å². The van der Waals surface area contributed by atoms with Gasteiger partial charge in [0.15, 0.2) is 0 Å². The van der Waals surface area contributed by atoms with Crippen LogP contribution in [-0.4, -0.2) is 120 Å². The van der Waals surface area contributed by atoms with Gasteiger partial charge in [-0.25, -0.2) is 4.79 Å². The average Bonchev–Trinajstić information content (AvgIpc) is 2.97. The third-order valence-corrected chi connectivity index (χ3v) is 5.76. The highest BCUT2D eigenvalue weighted by atomic mass is 16.6. The van der Waals surface area contributed by atoms with E-state index in [4.69, 9.17) is 18.9 Å². The summed E-state index contributed by atoms with van der Waals surface area (Å²) in [4.78, 5) is 68.9. The van der Waals surface area contributed by atoms with Gasteiger partial charge < -0.3 is 55.1 Å². The van der Waals surface area contributed by atoms with E-state index in [2.05, 4.69) is 26.6 Å². The molecule has 15 heteroatoms. The van der Waals surface area contributed by atoms with Crippen molar-refractivity contribution in [1.82, 2.24) is 26.6 Å². The third kappa shape index (κ3) is 26.5. The van der Waals surface area contributed by atoms with Crippen LogP contribution in [0.5, 0.6) is 0 Å². The number of aldehydes is 2. The summed E-state index contributed by atoms with van der Waals surface area (Å²) in [6.45, 7) is 9.30. The molecule has 4 amide bonds. The van der Waals surface area contributed by atoms with Crippen molar-refractivity contribution in [1.29, 1.82) is 0 Å². The second kappa shape index (κ2) is 27.4. The number of amides is 4. The van der Waals surface area contributed by atoms with Gasteiger partial charge in [0.05, 0.1) is 52.2 Å². The number of unbranched alkanes of at least 4 members (excludes halogenated alkanes) is 2. The van der Waals surface area contributed by atoms with Crippen molar-refractivity contribution in [2.75, 3.05) is 65.8 Å². The molecule has 5 N–H and O–H groups in total. The summed E-state index contributed by atoms with van der Waals surface area (Å²) in [5.74, 6) is -0.616. The van der Waals surface area contributed by atoms with Crippen LogP contribution in [0, 0.1) is 0 Å². The molecule has 254 valence electrons. The fourth-order valence-electron chi connectivity index (χ4n) is 3.61. The summed E-state index contributed by atoms with van der Waals surface area (Å²) in [5.41, 5.74) is -0.590. The molecule has 2 unspecified atom stereocenters. The normalized spacial score (nSPS) is 12.4. The topological polar surface area (TPSA) is 199 Å². The van der Waals surface area contributed by atoms with E-state index in [-0.39, 0.29) is 12.5 Å². The molecule has 0 aromatic rings. The number of carbonyl (C=O) groups is 6. The number of alkyl carbamates (subject to hydrolysis) is 1. The van der Waals surface area contributed by atoms with Gasteiger partial charge >= 0.3 is 6.09 Å². The van der Waals surface area contributed by atoms with E-state index in [0.717, 1.165) is 6.29 Å². The minimum atomic E-state index is -0.798. The molecule has 2 atom stereocenters. The van der Waals surface area contributed by atoms with Crippen molar-refractivity contribution in [2.24, 2.45) is 0 Å². The first-order valence-electron chi connectivity index (χ1n) is 15.2. The molecule has 0 aliphatic heterocycles. The molecule has 0 aromatic heterocycles. The molecule has 0 bridgehead atoms. The van der Waals surface area contributed by atoms with Crippen LogP contribution in [0.15, 0.2) is 0 Å². The van der Waals surface area contributed by atoms with E-state index in [1.54, 1.807) is 20.8 Å². The molecule has 15 nitrogen and oxygen atoms in total. The highest BCUT2D eigenvalue weighted by Gasteiger charge is 2.21. The number of ether oxygens (including phenoxy) is 4. The molecule has 44 heavy (non-hydrogen) atoms. The predicted molar refractivity (Wildman–Crippen MR) is 162 cm³/mol. The highest BCUT2D eigenvalue weighted by molar-refractivity contribution is 5.85. The van der Waals surface area contributed by atoms with Crippen LogP contribution in [0.2, 0.25) is 0 Å². The maximum Gasteiger partial charge on any atom is 0.407 e. The van der Waals surface area contributed by atoms with Gasteiger partial charge in [-0.3, -0.25) is 14.4 Å². The Balaban J connectivity index is 3.92. The van der Waals surface area contributed by atoms with Crippen LogP contribution in [0.1, 0.15) is 65.7 Å². The quantitative estimate of drug-likeness (QED) is 0.0550. The molecule has 0 radical (unpaired) electrons. The molecule has 0 heterocycles. The predicted octanol–water partition coefficient (Wildman–Crippen LogP) is -0.00540. The van der Waals surface area contributed by atoms with Crippen LogP contribution in [-0.2, 0) is 42.9 Å². The van der Waals surface area contributed by atoms with E-state index in [9.17, 15) is 28.8 Å². The van der Waals surface area contributed by atoms with Gasteiger partial charge in [-0.05, 0) is 59.3 Å². The lowest BCUT2D eigenvalue weighted by Gasteiger charge is -2.20. The van der Waals surface area contributed by atoms with Gasteiger partial charge in [-0.1, -0.05) is 0 Å². The Labute approximate surface area is 260 Å². The largest absolute Gasteiger partial charge is 0.444 e. The van der Waals surface area contributed by atoms with E-state index in [1.165, 1.54) is 0 Å². The van der Waals surface area contributed by atoms with E-state index in [1.807, 2.05) is 0 Å². The standard InChI is InChI=1S/C29H53N5O10/c1-29(2,3)44-28(40)32-12-7-5-10-25(33-23-37)27(39)34-24(22-36)9-4-6-11-31-26(38)21-30-13-16-42-18-20-43-19-17-41-15-8-14-35/h14,22-25,30H,4-13,15-21H2,1-3H3,(H,31,38)(H,32,40)(H,33,37)(H,34,39). The van der Waals surface area contributed by atoms with E-state index in [0.29, 0.717) is 117 Å². The van der Waals surface area contributed by atoms with E-state index >= 15 is 0 Å². The molecule has 0 rings (SSSR count). The Kier molecular flexibility index (Phi) is 25.5. The van der Waals surface area contributed by atoms with Gasteiger partial charge in [0, 0.05) is 26.1 Å². The van der Waals surface area contributed by atoms with E-state index < -0.39 is 29.7 Å². The minimum absolute atomic E-state index is 0.146. The Morgan fingerprint density at radius 3 is 1.98 bits per heavy atom. The number of carbonyl (C=O) groups excluding carboxylic acids is 6. The van der Waals surface area contributed by atoms with Crippen molar-refractivity contribution in [2.45, 2.75) is 83.4 Å². The number of rotatable bonds is 29. The lowest BCUT2D eigenvalue weighted by atomic mass is 10.1. The Bertz CT molecular complexity index is 810. The Hall–Kier alpha value is -3.14. The monoisotopic (exact) mass is 631 g/mol. The fraction of sp³-hybridized carbons (Fsp3) is 0.793. The Morgan fingerprint density at radius 1 is 0.750 bits per heavy atom. The van der Waals surface area contributed by atoms with Crippen LogP contribution in [0.3, 0.4) is 0 Å². The minimum Gasteiger partial charge on any atom is -0.444 e. The number of hydrogen-bond acceptors (Lipinski definition) is 11. The summed E-state index contributed by atoms with van der Waals surface area (Å²) < 4.78 is 21.1. The van der Waals surface area contributed by atoms with Crippen LogP contribution < -0.4 is 26.6 Å². The number of nitrogens with one attached hydrogen (secondary N) is 5. The van der Waals surface area contributed by atoms with Crippen molar-refractivity contribution < 1.29 is 47.7 Å². The van der Waals surface area contributed by atoms with Crippen molar-refractivity contribution in [3.05, 3.63) is 0 Å². The highest BCUT2D eigenvalue weighted by Crippen LogP contribution is 2.07. The zero-order chi connectivity index (χ0) is 32.9. The summed E-state index contributed by atoms with van der Waals surface area (Å²) in [5, 5.41) is 13.5. The first kappa shape index (κ1) is 40.9. The Morgan fingerprint density at radius 2 is 1.36 bits per heavy atom. The molecule has 0 aromatic carbocycles. The number of hydrogen-bond donors (Lipinski definition) is 5. The molecule has 0 aliphatic rings. The lowest BCUT2D eigenvalue weighted by molar-refractivity contribution is -0.127. The van der Waals surface area contributed by atoms with Gasteiger partial charge in [0.2, 0.25) is 18.2 Å². The molecule has 0 fully saturated rings. The van der Waals surface area contributed by atoms with Gasteiger partial charge in [-0.2, -0.15) is 0 Å². The molecule has 0 aliphatic carbocycles. The van der Waals surface area contributed by atoms with Crippen molar-refractivity contribution in [3.63, 3.8) is 0 Å². The summed E-state index contributed by atoms with van der Waals surface area (Å²) in [6.07, 6.45) is 4.85. The lowest BCUT2D eigenvalue weighted by Crippen LogP contribution is -2.48. The van der Waals surface area contributed by atoms with Crippen molar-refractivity contribution >= 4 is 36.9 Å². The smallest absolute Gasteiger partial charge is 0.407 e. The molecular formula is C29H53N5O10. The molecular weight excluding hydrogens is 578 g/mol. The maximum atomic E-state index is 12.6. The van der Waals surface area contributed by atoms with Crippen LogP contribution >= 0.6 is 0 Å². The zero-order valence-corrected chi connectivity index (χ0v) is 26.5. The summed E-state index contributed by atoms with van der Waals surface area (Å²) in [7, 11) is 0. The first-order valence-corrected chi connectivity index (χ1v) is 15.2. The summed E-state index contributed by atoms with van der Waals surface area (Å²) in [6, 6.07) is -1.51. The molecule has 0 saturated heterocycles. The second-order valence-corrected chi connectivity index (χ2v) is 10.8. The zero-order valence-electron chi connectivity index (χ0n) is 26.5. The molecule has 0 spiro atoms. The summed E-state index contributed by atoms with van der Waals surface area (Å²) >= 11 is 0. The van der Waals surface area contributed by atoms with Crippen LogP contribution in [0.4, 0.5) is 4.79 Å². The van der Waals surface area contributed by atoms with Gasteiger partial charge in [0.25, 0.3) is 0 Å². The van der Waals surface area contributed by atoms with Gasteiger partial charge in [-0.15, -0.1) is 0 Å². The SMILES string of the molecule is CC(C)(C)OC(=O)NCCCCC(NC=O)C(=O)NC(C=O)CCCCNC(=O)CNCCOCCOCCOCCC=O. The first-order chi connectivity index (χ1) is 21.1. The maximum absolute atomic E-state index is 12.6. The third-order valence-electron chi connectivity index (χ3n) is 5.76. The van der Waals surface area contributed by atoms with Crippen LogP contribution in [0.25, 0.3) is 0 Å². The fourth-order valence-corrected chi connectivity index (χ4v) is 3.61. The van der Waals surface area contributed by atoms with Gasteiger partial charge in [0.1, 0.15) is 24.2 Å². The second-order valence-electron chi connectivity index (χ2n) is 10.8. The average molecular weight is 632 g/mol. The molecule has 0 saturated carbocycles.